The van der Waals surface area contributed by atoms with Crippen LogP contribution in [0.3, 0.4) is 0 Å². The van der Waals surface area contributed by atoms with Gasteiger partial charge in [-0.3, -0.25) is 9.59 Å². The summed E-state index contributed by atoms with van der Waals surface area (Å²) in [4.78, 5) is 33.6. The Bertz CT molecular complexity index is 1370. The van der Waals surface area contributed by atoms with Crippen molar-refractivity contribution < 1.29 is 14.3 Å². The summed E-state index contributed by atoms with van der Waals surface area (Å²) < 4.78 is 7.34. The minimum atomic E-state index is -0.671. The van der Waals surface area contributed by atoms with E-state index in [2.05, 4.69) is 5.32 Å². The number of carbonyl (C=O) groups excluding carboxylic acids is 2. The molecule has 4 aromatic rings. The molecule has 0 spiro atoms. The second-order valence-corrected chi connectivity index (χ2v) is 8.76. The summed E-state index contributed by atoms with van der Waals surface area (Å²) in [5.41, 5.74) is 3.61. The second-order valence-electron chi connectivity index (χ2n) is 8.76. The predicted octanol–water partition coefficient (Wildman–Crippen LogP) is 4.40. The number of methoxy groups -OCH3 is 1. The van der Waals surface area contributed by atoms with Crippen LogP contribution in [-0.2, 0) is 22.7 Å². The van der Waals surface area contributed by atoms with Gasteiger partial charge in [0.2, 0.25) is 11.8 Å². The number of carbonyl (C=O) groups is 2. The molecule has 0 radical (unpaired) electrons. The van der Waals surface area contributed by atoms with Crippen LogP contribution < -0.4 is 10.1 Å². The molecule has 1 aromatic heterocycles. The zero-order chi connectivity index (χ0) is 24.4. The molecule has 0 aliphatic carbocycles. The number of imidazole rings is 1. The first-order valence-electron chi connectivity index (χ1n) is 11.8. The van der Waals surface area contributed by atoms with Crippen LogP contribution in [0.5, 0.6) is 5.75 Å². The van der Waals surface area contributed by atoms with Crippen molar-refractivity contribution in [2.45, 2.75) is 38.5 Å². The van der Waals surface area contributed by atoms with Crippen molar-refractivity contribution in [1.82, 2.24) is 19.8 Å². The number of aromatic nitrogens is 2. The summed E-state index contributed by atoms with van der Waals surface area (Å²) in [6, 6.07) is 24.3. The first-order valence-corrected chi connectivity index (χ1v) is 11.8. The number of hydrogen-bond acceptors (Lipinski definition) is 4. The smallest absolute Gasteiger partial charge is 0.247 e. The van der Waals surface area contributed by atoms with E-state index in [-0.39, 0.29) is 24.3 Å². The number of benzene rings is 3. The zero-order valence-electron chi connectivity index (χ0n) is 19.8. The lowest BCUT2D eigenvalue weighted by molar-refractivity contribution is -0.142. The minimum absolute atomic E-state index is 0.0271. The Kier molecular flexibility index (Phi) is 6.23. The molecule has 1 aliphatic heterocycles. The van der Waals surface area contributed by atoms with Crippen molar-refractivity contribution >= 4 is 22.8 Å². The molecule has 1 N–H and O–H groups in total. The lowest BCUT2D eigenvalue weighted by atomic mass is 10.0. The van der Waals surface area contributed by atoms with Gasteiger partial charge in [-0.05, 0) is 30.7 Å². The van der Waals surface area contributed by atoms with Gasteiger partial charge in [0, 0.05) is 18.7 Å². The lowest BCUT2D eigenvalue weighted by Gasteiger charge is -2.38. The van der Waals surface area contributed by atoms with Crippen LogP contribution in [0.1, 0.15) is 42.4 Å². The predicted molar refractivity (Wildman–Crippen MR) is 134 cm³/mol. The third-order valence-electron chi connectivity index (χ3n) is 6.59. The van der Waals surface area contributed by atoms with Crippen molar-refractivity contribution in [3.8, 4) is 5.75 Å². The van der Waals surface area contributed by atoms with E-state index >= 15 is 0 Å². The number of nitrogens with one attached hydrogen (secondary N) is 1. The van der Waals surface area contributed by atoms with Gasteiger partial charge in [-0.15, -0.1) is 0 Å². The van der Waals surface area contributed by atoms with Gasteiger partial charge >= 0.3 is 0 Å². The summed E-state index contributed by atoms with van der Waals surface area (Å²) in [7, 11) is 1.61. The normalized spacial score (nSPS) is 17.3. The zero-order valence-corrected chi connectivity index (χ0v) is 19.8. The topological polar surface area (TPSA) is 76.5 Å². The average molecular weight is 469 g/mol. The van der Waals surface area contributed by atoms with Gasteiger partial charge in [0.25, 0.3) is 0 Å². The Morgan fingerprint density at radius 2 is 1.71 bits per heavy atom. The van der Waals surface area contributed by atoms with Crippen molar-refractivity contribution in [3.05, 3.63) is 95.8 Å². The van der Waals surface area contributed by atoms with Gasteiger partial charge < -0.3 is 19.5 Å². The Morgan fingerprint density at radius 1 is 1.00 bits per heavy atom. The number of rotatable bonds is 7. The molecule has 35 heavy (non-hydrogen) atoms. The fourth-order valence-corrected chi connectivity index (χ4v) is 4.78. The maximum Gasteiger partial charge on any atom is 0.247 e. The van der Waals surface area contributed by atoms with E-state index in [1.807, 2.05) is 95.3 Å². The van der Waals surface area contributed by atoms with Gasteiger partial charge in [-0.2, -0.15) is 0 Å². The van der Waals surface area contributed by atoms with Crippen LogP contribution in [0.2, 0.25) is 0 Å². The molecule has 7 heteroatoms. The fraction of sp³-hybridized carbons (Fsp3) is 0.250. The number of fused-ring (bicyclic) bond motifs is 3. The molecule has 0 saturated heterocycles. The summed E-state index contributed by atoms with van der Waals surface area (Å²) in [5.74, 6) is 1.23. The Morgan fingerprint density at radius 3 is 2.51 bits per heavy atom. The molecular formula is C28H28N4O3. The van der Waals surface area contributed by atoms with Crippen LogP contribution in [0.15, 0.2) is 78.9 Å². The quantitative estimate of drug-likeness (QED) is 0.436. The summed E-state index contributed by atoms with van der Waals surface area (Å²) >= 11 is 0. The van der Waals surface area contributed by atoms with Crippen LogP contribution in [0.25, 0.3) is 11.0 Å². The molecule has 0 unspecified atom stereocenters. The molecule has 5 rings (SSSR count). The van der Waals surface area contributed by atoms with E-state index in [1.54, 1.807) is 7.11 Å². The molecule has 1 aliphatic rings. The monoisotopic (exact) mass is 468 g/mol. The van der Waals surface area contributed by atoms with E-state index in [4.69, 9.17) is 9.72 Å². The van der Waals surface area contributed by atoms with Gasteiger partial charge in [-0.1, -0.05) is 60.7 Å². The largest absolute Gasteiger partial charge is 0.496 e. The average Bonchev–Trinajstić information content (AvgIpc) is 3.28. The third kappa shape index (κ3) is 4.37. The Labute approximate surface area is 204 Å². The van der Waals surface area contributed by atoms with Crippen LogP contribution in [0.4, 0.5) is 0 Å². The second kappa shape index (κ2) is 9.62. The molecule has 7 nitrogen and oxygen atoms in total. The SMILES string of the molecule is COc1ccccc1CNC(=O)C[C@H]1C(=O)N(Cc2ccccc2)[C@@H](C)c2nc3ccccc3n21. The highest BCUT2D eigenvalue weighted by Crippen LogP contribution is 2.37. The first kappa shape index (κ1) is 22.7. The molecule has 0 bridgehead atoms. The number of ether oxygens (including phenoxy) is 1. The molecule has 2 atom stereocenters. The van der Waals surface area contributed by atoms with Gasteiger partial charge in [0.15, 0.2) is 0 Å². The summed E-state index contributed by atoms with van der Waals surface area (Å²) in [5, 5.41) is 2.96. The molecular weight excluding hydrogens is 440 g/mol. The van der Waals surface area contributed by atoms with Crippen LogP contribution >= 0.6 is 0 Å². The van der Waals surface area contributed by atoms with Crippen molar-refractivity contribution in [2.24, 2.45) is 0 Å². The number of amides is 2. The van der Waals surface area contributed by atoms with E-state index in [9.17, 15) is 9.59 Å². The van der Waals surface area contributed by atoms with E-state index in [1.165, 1.54) is 0 Å². The highest BCUT2D eigenvalue weighted by Gasteiger charge is 2.40. The van der Waals surface area contributed by atoms with E-state index in [0.29, 0.717) is 18.8 Å². The molecule has 0 fully saturated rings. The number of para-hydroxylation sites is 3. The number of hydrogen-bond donors (Lipinski definition) is 1. The number of nitrogens with zero attached hydrogens (tertiary/aromatic N) is 3. The molecule has 2 heterocycles. The van der Waals surface area contributed by atoms with Crippen molar-refractivity contribution in [3.63, 3.8) is 0 Å². The van der Waals surface area contributed by atoms with Crippen LogP contribution in [0, 0.1) is 0 Å². The third-order valence-corrected chi connectivity index (χ3v) is 6.59. The van der Waals surface area contributed by atoms with Gasteiger partial charge in [0.1, 0.15) is 17.6 Å². The Hall–Kier alpha value is -4.13. The molecule has 0 saturated carbocycles. The first-order chi connectivity index (χ1) is 17.1. The van der Waals surface area contributed by atoms with Gasteiger partial charge in [0.05, 0.1) is 30.6 Å². The summed E-state index contributed by atoms with van der Waals surface area (Å²) in [6.45, 7) is 2.78. The highest BCUT2D eigenvalue weighted by molar-refractivity contribution is 5.90. The minimum Gasteiger partial charge on any atom is -0.496 e. The van der Waals surface area contributed by atoms with Crippen molar-refractivity contribution in [1.29, 1.82) is 0 Å². The maximum atomic E-state index is 13.8. The Balaban J connectivity index is 1.44. The van der Waals surface area contributed by atoms with E-state index in [0.717, 1.165) is 28.0 Å². The highest BCUT2D eigenvalue weighted by atomic mass is 16.5. The molecule has 178 valence electrons. The van der Waals surface area contributed by atoms with Gasteiger partial charge in [-0.25, -0.2) is 4.98 Å². The molecule has 2 amide bonds. The van der Waals surface area contributed by atoms with Crippen molar-refractivity contribution in [2.75, 3.05) is 7.11 Å². The lowest BCUT2D eigenvalue weighted by Crippen LogP contribution is -2.46. The fourth-order valence-electron chi connectivity index (χ4n) is 4.78. The van der Waals surface area contributed by atoms with E-state index < -0.39 is 6.04 Å². The molecule has 3 aromatic carbocycles. The maximum absolute atomic E-state index is 13.8. The summed E-state index contributed by atoms with van der Waals surface area (Å²) in [6.07, 6.45) is 0.0271. The van der Waals surface area contributed by atoms with Crippen LogP contribution in [-0.4, -0.2) is 33.4 Å². The standard InChI is InChI=1S/C28H28N4O3/c1-19-27-30-22-13-7-8-14-23(22)32(27)24(28(34)31(19)18-20-10-4-3-5-11-20)16-26(33)29-17-21-12-6-9-15-25(21)35-2/h3-15,19,24H,16-18H2,1-2H3,(H,29,33)/t19-,24-/m0/s1.